The molecule has 0 saturated carbocycles. The third-order valence-electron chi connectivity index (χ3n) is 5.35. The van der Waals surface area contributed by atoms with Crippen LogP contribution >= 0.6 is 0 Å². The van der Waals surface area contributed by atoms with Gasteiger partial charge in [-0.2, -0.15) is 0 Å². The lowest BCUT2D eigenvalue weighted by Crippen LogP contribution is -2.27. The molecule has 0 nitrogen and oxygen atoms in total. The molecule has 0 aromatic heterocycles. The minimum Gasteiger partial charge on any atom is -0.0622 e. The average molecular weight is 357 g/mol. The monoisotopic (exact) mass is 356 g/mol. The molecule has 0 amide bonds. The van der Waals surface area contributed by atoms with Gasteiger partial charge in [-0.3, -0.25) is 0 Å². The number of hydrogen-bond donors (Lipinski definition) is 0. The molecule has 140 valence electrons. The van der Waals surface area contributed by atoms with E-state index >= 15 is 0 Å². The molecule has 0 aliphatic rings. The molecule has 0 heteroatoms. The second-order valence-electron chi connectivity index (χ2n) is 9.30. The maximum absolute atomic E-state index is 2.43. The average Bonchev–Trinajstić information content (AvgIpc) is 2.61. The molecule has 0 aliphatic carbocycles. The first-order valence-corrected chi connectivity index (χ1v) is 9.97. The lowest BCUT2D eigenvalue weighted by atomic mass is 9.71. The van der Waals surface area contributed by atoms with Gasteiger partial charge in [0.05, 0.1) is 0 Å². The van der Waals surface area contributed by atoms with Crippen LogP contribution in [-0.2, 0) is 18.3 Å². The lowest BCUT2D eigenvalue weighted by molar-refractivity contribution is 0.410. The van der Waals surface area contributed by atoms with Crippen molar-refractivity contribution in [3.63, 3.8) is 0 Å². The fourth-order valence-electron chi connectivity index (χ4n) is 4.00. The first-order chi connectivity index (χ1) is 12.8. The summed E-state index contributed by atoms with van der Waals surface area (Å²) in [7, 11) is 0. The topological polar surface area (TPSA) is 0 Å². The Kier molecular flexibility index (Phi) is 5.56. The van der Waals surface area contributed by atoms with Crippen molar-refractivity contribution in [3.05, 3.63) is 107 Å². The predicted octanol–water partition coefficient (Wildman–Crippen LogP) is 7.13. The molecule has 1 atom stereocenters. The molecule has 3 aromatic carbocycles. The van der Waals surface area contributed by atoms with Crippen molar-refractivity contribution in [1.82, 2.24) is 0 Å². The Morgan fingerprint density at radius 1 is 0.593 bits per heavy atom. The van der Waals surface area contributed by atoms with Gasteiger partial charge in [0.15, 0.2) is 0 Å². The smallest absolute Gasteiger partial charge is 0.0215 e. The van der Waals surface area contributed by atoms with Gasteiger partial charge in [0.2, 0.25) is 0 Å². The van der Waals surface area contributed by atoms with E-state index in [0.29, 0.717) is 0 Å². The Morgan fingerprint density at radius 3 is 1.81 bits per heavy atom. The van der Waals surface area contributed by atoms with Crippen LogP contribution in [0.5, 0.6) is 0 Å². The van der Waals surface area contributed by atoms with Crippen LogP contribution in [0.1, 0.15) is 55.5 Å². The minimum atomic E-state index is -0.0543. The maximum atomic E-state index is 2.43. The van der Waals surface area contributed by atoms with Crippen LogP contribution in [0.4, 0.5) is 0 Å². The largest absolute Gasteiger partial charge is 0.0622 e. The van der Waals surface area contributed by atoms with Crippen molar-refractivity contribution >= 4 is 0 Å². The fourth-order valence-corrected chi connectivity index (χ4v) is 4.00. The summed E-state index contributed by atoms with van der Waals surface area (Å²) in [4.78, 5) is 0. The first kappa shape index (κ1) is 19.4. The van der Waals surface area contributed by atoms with E-state index in [1.54, 1.807) is 0 Å². The van der Waals surface area contributed by atoms with Gasteiger partial charge in [-0.25, -0.2) is 0 Å². The molecule has 27 heavy (non-hydrogen) atoms. The molecule has 0 bridgehead atoms. The van der Waals surface area contributed by atoms with E-state index in [4.69, 9.17) is 0 Å². The van der Waals surface area contributed by atoms with Crippen molar-refractivity contribution in [2.24, 2.45) is 5.41 Å². The van der Waals surface area contributed by atoms with E-state index in [-0.39, 0.29) is 10.8 Å². The predicted molar refractivity (Wildman–Crippen MR) is 117 cm³/mol. The summed E-state index contributed by atoms with van der Waals surface area (Å²) in [5, 5.41) is 0. The second-order valence-corrected chi connectivity index (χ2v) is 9.30. The van der Waals surface area contributed by atoms with Gasteiger partial charge in [0, 0.05) is 5.41 Å². The third kappa shape index (κ3) is 4.89. The highest BCUT2D eigenvalue weighted by atomic mass is 14.3. The van der Waals surface area contributed by atoms with Gasteiger partial charge < -0.3 is 0 Å². The van der Waals surface area contributed by atoms with Crippen LogP contribution in [0.3, 0.4) is 0 Å². The van der Waals surface area contributed by atoms with Crippen LogP contribution < -0.4 is 0 Å². The van der Waals surface area contributed by atoms with Gasteiger partial charge in [0.1, 0.15) is 0 Å². The summed E-state index contributed by atoms with van der Waals surface area (Å²) < 4.78 is 0. The molecule has 0 aliphatic heterocycles. The Hall–Kier alpha value is -2.34. The summed E-state index contributed by atoms with van der Waals surface area (Å²) in [5.74, 6) is 0. The standard InChI is InChI=1S/C27H32/c1-21-11-9-15-24(17-21)27(5,20-22-12-7-6-8-13-22)25-16-10-14-23(18-25)19-26(2,3)4/h6-18H,19-20H2,1-5H3. The Labute approximate surface area is 165 Å². The number of rotatable bonds is 5. The van der Waals surface area contributed by atoms with E-state index in [0.717, 1.165) is 12.8 Å². The van der Waals surface area contributed by atoms with Crippen LogP contribution in [0.25, 0.3) is 0 Å². The zero-order valence-electron chi connectivity index (χ0n) is 17.4. The second kappa shape index (κ2) is 7.72. The van der Waals surface area contributed by atoms with Crippen LogP contribution in [0.2, 0.25) is 0 Å². The highest BCUT2D eigenvalue weighted by Crippen LogP contribution is 2.37. The highest BCUT2D eigenvalue weighted by Gasteiger charge is 2.30. The van der Waals surface area contributed by atoms with Crippen molar-refractivity contribution in [2.45, 2.75) is 52.9 Å². The van der Waals surface area contributed by atoms with Gasteiger partial charge in [-0.05, 0) is 47.4 Å². The summed E-state index contributed by atoms with van der Waals surface area (Å²) in [6.45, 7) is 11.5. The van der Waals surface area contributed by atoms with Crippen molar-refractivity contribution in [1.29, 1.82) is 0 Å². The van der Waals surface area contributed by atoms with Crippen LogP contribution in [0.15, 0.2) is 78.9 Å². The Bertz CT molecular complexity index is 883. The zero-order chi connectivity index (χ0) is 19.5. The van der Waals surface area contributed by atoms with Gasteiger partial charge in [-0.1, -0.05) is 112 Å². The van der Waals surface area contributed by atoms with E-state index in [9.17, 15) is 0 Å². The summed E-state index contributed by atoms with van der Waals surface area (Å²) in [6, 6.07) is 29.1. The Morgan fingerprint density at radius 2 is 1.19 bits per heavy atom. The van der Waals surface area contributed by atoms with E-state index in [1.807, 2.05) is 0 Å². The highest BCUT2D eigenvalue weighted by molar-refractivity contribution is 5.43. The SMILES string of the molecule is Cc1cccc(C(C)(Cc2ccccc2)c2cccc(CC(C)(C)C)c2)c1. The molecular weight excluding hydrogens is 324 g/mol. The van der Waals surface area contributed by atoms with Gasteiger partial charge >= 0.3 is 0 Å². The fraction of sp³-hybridized carbons (Fsp3) is 0.333. The molecule has 0 saturated heterocycles. The molecule has 0 spiro atoms. The van der Waals surface area contributed by atoms with E-state index in [1.165, 1.54) is 27.8 Å². The molecule has 3 rings (SSSR count). The van der Waals surface area contributed by atoms with Gasteiger partial charge in [-0.15, -0.1) is 0 Å². The number of hydrogen-bond acceptors (Lipinski definition) is 0. The lowest BCUT2D eigenvalue weighted by Gasteiger charge is -2.32. The molecule has 0 radical (unpaired) electrons. The van der Waals surface area contributed by atoms with Crippen molar-refractivity contribution in [2.75, 3.05) is 0 Å². The molecule has 0 heterocycles. The molecule has 0 fully saturated rings. The summed E-state index contributed by atoms with van der Waals surface area (Å²) in [5.41, 5.74) is 7.14. The molecule has 3 aromatic rings. The minimum absolute atomic E-state index is 0.0543. The molecule has 1 unspecified atom stereocenters. The van der Waals surface area contributed by atoms with Gasteiger partial charge in [0.25, 0.3) is 0 Å². The summed E-state index contributed by atoms with van der Waals surface area (Å²) >= 11 is 0. The molecular formula is C27H32. The third-order valence-corrected chi connectivity index (χ3v) is 5.35. The first-order valence-electron chi connectivity index (χ1n) is 9.97. The molecule has 0 N–H and O–H groups in total. The maximum Gasteiger partial charge on any atom is 0.0215 e. The summed E-state index contributed by atoms with van der Waals surface area (Å²) in [6.07, 6.45) is 2.09. The van der Waals surface area contributed by atoms with E-state index < -0.39 is 0 Å². The van der Waals surface area contributed by atoms with Crippen LogP contribution in [0, 0.1) is 12.3 Å². The van der Waals surface area contributed by atoms with Crippen LogP contribution in [-0.4, -0.2) is 0 Å². The normalized spacial score (nSPS) is 14.0. The van der Waals surface area contributed by atoms with Crippen molar-refractivity contribution < 1.29 is 0 Å². The quantitative estimate of drug-likeness (QED) is 0.456. The van der Waals surface area contributed by atoms with E-state index in [2.05, 4.69) is 113 Å². The zero-order valence-corrected chi connectivity index (χ0v) is 17.4. The van der Waals surface area contributed by atoms with Crippen molar-refractivity contribution in [3.8, 4) is 0 Å². The number of aryl methyl sites for hydroxylation is 1. The number of benzene rings is 3. The Balaban J connectivity index is 2.08.